The van der Waals surface area contributed by atoms with Gasteiger partial charge in [0, 0.05) is 4.47 Å². The van der Waals surface area contributed by atoms with Crippen molar-refractivity contribution < 1.29 is 4.39 Å². The Morgan fingerprint density at radius 3 is 2.72 bits per heavy atom. The molecule has 1 atom stereocenters. The van der Waals surface area contributed by atoms with Gasteiger partial charge in [-0.3, -0.25) is 0 Å². The Morgan fingerprint density at radius 2 is 2.00 bits per heavy atom. The zero-order valence-electron chi connectivity index (χ0n) is 9.41. The number of pyridine rings is 1. The van der Waals surface area contributed by atoms with E-state index in [1.807, 2.05) is 18.2 Å². The highest BCUT2D eigenvalue weighted by atomic mass is 79.9. The molecular weight excluding hydrogens is 363 g/mol. The van der Waals surface area contributed by atoms with Crippen molar-refractivity contribution in [2.45, 2.75) is 12.5 Å². The van der Waals surface area contributed by atoms with Gasteiger partial charge in [0.25, 0.3) is 0 Å². The molecule has 5 heteroatoms. The SMILES string of the molecule is NC(Cc1cccc(F)c1)c1nc(Br)ccc1Br. The Hall–Kier alpha value is -0.780. The molecule has 2 rings (SSSR count). The highest BCUT2D eigenvalue weighted by Crippen LogP contribution is 2.24. The summed E-state index contributed by atoms with van der Waals surface area (Å²) in [5.41, 5.74) is 7.73. The first-order valence-electron chi connectivity index (χ1n) is 5.38. The predicted octanol–water partition coefficient (Wildman–Crippen LogP) is 3.99. The molecule has 1 unspecified atom stereocenters. The van der Waals surface area contributed by atoms with E-state index in [-0.39, 0.29) is 11.9 Å². The third-order valence-electron chi connectivity index (χ3n) is 2.54. The molecule has 94 valence electrons. The van der Waals surface area contributed by atoms with E-state index < -0.39 is 0 Å². The lowest BCUT2D eigenvalue weighted by Gasteiger charge is -2.13. The van der Waals surface area contributed by atoms with Crippen LogP contribution in [0.5, 0.6) is 0 Å². The lowest BCUT2D eigenvalue weighted by atomic mass is 10.0. The summed E-state index contributed by atoms with van der Waals surface area (Å²) in [6, 6.07) is 9.89. The van der Waals surface area contributed by atoms with Gasteiger partial charge in [0.1, 0.15) is 10.4 Å². The Labute approximate surface area is 122 Å². The lowest BCUT2D eigenvalue weighted by molar-refractivity contribution is 0.620. The highest BCUT2D eigenvalue weighted by Gasteiger charge is 2.13. The maximum atomic E-state index is 13.1. The van der Waals surface area contributed by atoms with Crippen molar-refractivity contribution in [3.8, 4) is 0 Å². The fourth-order valence-corrected chi connectivity index (χ4v) is 2.55. The van der Waals surface area contributed by atoms with Crippen LogP contribution in [0, 0.1) is 5.82 Å². The summed E-state index contributed by atoms with van der Waals surface area (Å²) >= 11 is 6.74. The van der Waals surface area contributed by atoms with Crippen molar-refractivity contribution in [3.05, 3.63) is 62.5 Å². The molecule has 0 saturated carbocycles. The molecule has 18 heavy (non-hydrogen) atoms. The van der Waals surface area contributed by atoms with Crippen molar-refractivity contribution in [1.29, 1.82) is 0 Å². The van der Waals surface area contributed by atoms with Gasteiger partial charge < -0.3 is 5.73 Å². The first-order valence-corrected chi connectivity index (χ1v) is 6.97. The van der Waals surface area contributed by atoms with Crippen molar-refractivity contribution >= 4 is 31.9 Å². The molecule has 0 aliphatic rings. The number of nitrogens with two attached hydrogens (primary N) is 1. The minimum atomic E-state index is -0.279. The molecule has 1 heterocycles. The smallest absolute Gasteiger partial charge is 0.123 e. The third kappa shape index (κ3) is 3.37. The summed E-state index contributed by atoms with van der Waals surface area (Å²) in [7, 11) is 0. The molecule has 0 aliphatic carbocycles. The second-order valence-corrected chi connectivity index (χ2v) is 5.61. The lowest BCUT2D eigenvalue weighted by Crippen LogP contribution is -2.15. The number of aromatic nitrogens is 1. The topological polar surface area (TPSA) is 38.9 Å². The van der Waals surface area contributed by atoms with E-state index in [9.17, 15) is 4.39 Å². The van der Waals surface area contributed by atoms with Crippen LogP contribution >= 0.6 is 31.9 Å². The molecular formula is C13H11Br2FN2. The molecule has 0 spiro atoms. The van der Waals surface area contributed by atoms with Crippen LogP contribution in [0.4, 0.5) is 4.39 Å². The Balaban J connectivity index is 2.21. The Kier molecular flexibility index (Phi) is 4.48. The fraction of sp³-hybridized carbons (Fsp3) is 0.154. The number of hydrogen-bond acceptors (Lipinski definition) is 2. The summed E-state index contributed by atoms with van der Waals surface area (Å²) in [6.07, 6.45) is 0.541. The highest BCUT2D eigenvalue weighted by molar-refractivity contribution is 9.11. The molecule has 1 aromatic heterocycles. The van der Waals surface area contributed by atoms with E-state index in [0.29, 0.717) is 6.42 Å². The van der Waals surface area contributed by atoms with Gasteiger partial charge in [0.2, 0.25) is 0 Å². The first-order chi connectivity index (χ1) is 8.56. The second kappa shape index (κ2) is 5.91. The summed E-state index contributed by atoms with van der Waals surface area (Å²) in [5, 5.41) is 0. The largest absolute Gasteiger partial charge is 0.322 e. The van der Waals surface area contributed by atoms with Gasteiger partial charge in [-0.1, -0.05) is 12.1 Å². The summed E-state index contributed by atoms with van der Waals surface area (Å²) in [6.45, 7) is 0. The summed E-state index contributed by atoms with van der Waals surface area (Å²) in [4.78, 5) is 4.34. The van der Waals surface area contributed by atoms with Gasteiger partial charge >= 0.3 is 0 Å². The van der Waals surface area contributed by atoms with Crippen molar-refractivity contribution in [2.75, 3.05) is 0 Å². The average Bonchev–Trinajstić information content (AvgIpc) is 2.32. The molecule has 2 N–H and O–H groups in total. The normalized spacial score (nSPS) is 12.4. The molecule has 0 amide bonds. The minimum absolute atomic E-state index is 0.249. The summed E-state index contributed by atoms with van der Waals surface area (Å²) in [5.74, 6) is -0.249. The average molecular weight is 374 g/mol. The minimum Gasteiger partial charge on any atom is -0.322 e. The number of rotatable bonds is 3. The molecule has 2 nitrogen and oxygen atoms in total. The van der Waals surface area contributed by atoms with Crippen LogP contribution in [0.15, 0.2) is 45.5 Å². The molecule has 0 radical (unpaired) electrons. The zero-order valence-corrected chi connectivity index (χ0v) is 12.6. The molecule has 0 saturated heterocycles. The molecule has 0 bridgehead atoms. The maximum absolute atomic E-state index is 13.1. The van der Waals surface area contributed by atoms with Crippen LogP contribution in [0.1, 0.15) is 17.3 Å². The number of hydrogen-bond donors (Lipinski definition) is 1. The third-order valence-corrected chi connectivity index (χ3v) is 3.65. The Morgan fingerprint density at radius 1 is 1.22 bits per heavy atom. The molecule has 2 aromatic rings. The quantitative estimate of drug-likeness (QED) is 0.826. The van der Waals surface area contributed by atoms with Crippen LogP contribution < -0.4 is 5.73 Å². The Bertz CT molecular complexity index is 560. The monoisotopic (exact) mass is 372 g/mol. The van der Waals surface area contributed by atoms with E-state index in [2.05, 4.69) is 36.8 Å². The van der Waals surface area contributed by atoms with Crippen LogP contribution in [-0.2, 0) is 6.42 Å². The van der Waals surface area contributed by atoms with Gasteiger partial charge in [0.05, 0.1) is 11.7 Å². The van der Waals surface area contributed by atoms with Crippen LogP contribution in [-0.4, -0.2) is 4.98 Å². The van der Waals surface area contributed by atoms with Gasteiger partial charge in [-0.15, -0.1) is 0 Å². The standard InChI is InChI=1S/C13H11Br2FN2/c14-10-4-5-12(15)18-13(10)11(17)7-8-2-1-3-9(16)6-8/h1-6,11H,7,17H2. The molecule has 0 aliphatic heterocycles. The van der Waals surface area contributed by atoms with Crippen molar-refractivity contribution in [1.82, 2.24) is 4.98 Å². The summed E-state index contributed by atoms with van der Waals surface area (Å²) < 4.78 is 14.7. The van der Waals surface area contributed by atoms with Crippen LogP contribution in [0.25, 0.3) is 0 Å². The first kappa shape index (κ1) is 13.6. The fourth-order valence-electron chi connectivity index (χ4n) is 1.71. The van der Waals surface area contributed by atoms with Crippen LogP contribution in [0.2, 0.25) is 0 Å². The molecule has 1 aromatic carbocycles. The van der Waals surface area contributed by atoms with E-state index in [1.54, 1.807) is 6.07 Å². The van der Waals surface area contributed by atoms with E-state index in [1.165, 1.54) is 12.1 Å². The maximum Gasteiger partial charge on any atom is 0.123 e. The van der Waals surface area contributed by atoms with Crippen LogP contribution in [0.3, 0.4) is 0 Å². The van der Waals surface area contributed by atoms with Gasteiger partial charge in [-0.25, -0.2) is 9.37 Å². The van der Waals surface area contributed by atoms with Crippen molar-refractivity contribution in [2.24, 2.45) is 5.73 Å². The van der Waals surface area contributed by atoms with E-state index in [4.69, 9.17) is 5.73 Å². The zero-order chi connectivity index (χ0) is 13.1. The number of benzene rings is 1. The van der Waals surface area contributed by atoms with Crippen molar-refractivity contribution in [3.63, 3.8) is 0 Å². The second-order valence-electron chi connectivity index (χ2n) is 3.94. The van der Waals surface area contributed by atoms with Gasteiger partial charge in [0.15, 0.2) is 0 Å². The van der Waals surface area contributed by atoms with Gasteiger partial charge in [-0.2, -0.15) is 0 Å². The number of halogens is 3. The number of nitrogens with zero attached hydrogens (tertiary/aromatic N) is 1. The predicted molar refractivity (Wildman–Crippen MR) is 76.7 cm³/mol. The molecule has 0 fully saturated rings. The van der Waals surface area contributed by atoms with Gasteiger partial charge in [-0.05, 0) is 68.1 Å². The van der Waals surface area contributed by atoms with E-state index in [0.717, 1.165) is 20.3 Å². The van der Waals surface area contributed by atoms with E-state index >= 15 is 0 Å².